The first-order valence-corrected chi connectivity index (χ1v) is 5.67. The predicted molar refractivity (Wildman–Crippen MR) is 70.2 cm³/mol. The molecule has 4 heteroatoms. The second-order valence-electron chi connectivity index (χ2n) is 4.18. The van der Waals surface area contributed by atoms with Crippen LogP contribution in [0.3, 0.4) is 0 Å². The molecule has 0 bridgehead atoms. The Morgan fingerprint density at radius 3 is 2.72 bits per heavy atom. The molecule has 0 radical (unpaired) electrons. The topological polar surface area (TPSA) is 43.8 Å². The van der Waals surface area contributed by atoms with E-state index in [-0.39, 0.29) is 5.82 Å². The van der Waals surface area contributed by atoms with Gasteiger partial charge in [0.2, 0.25) is 5.95 Å². The molecule has 0 aliphatic carbocycles. The zero-order chi connectivity index (χ0) is 12.7. The van der Waals surface area contributed by atoms with Crippen molar-refractivity contribution < 1.29 is 4.39 Å². The first-order valence-electron chi connectivity index (χ1n) is 5.67. The molecule has 3 rings (SSSR count). The number of aromatic nitrogens is 2. The minimum atomic E-state index is -0.246. The van der Waals surface area contributed by atoms with Crippen LogP contribution in [0.5, 0.6) is 0 Å². The number of rotatable bonds is 1. The highest BCUT2D eigenvalue weighted by molar-refractivity contribution is 5.81. The Labute approximate surface area is 104 Å². The van der Waals surface area contributed by atoms with Gasteiger partial charge in [-0.25, -0.2) is 9.37 Å². The summed E-state index contributed by atoms with van der Waals surface area (Å²) in [7, 11) is 0. The summed E-state index contributed by atoms with van der Waals surface area (Å²) in [4.78, 5) is 4.28. The average molecular weight is 241 g/mol. The molecule has 0 aliphatic rings. The molecule has 3 nitrogen and oxygen atoms in total. The van der Waals surface area contributed by atoms with E-state index < -0.39 is 0 Å². The molecule has 0 saturated carbocycles. The first kappa shape index (κ1) is 10.8. The number of benzene rings is 2. The fourth-order valence-electron chi connectivity index (χ4n) is 2.14. The molecule has 0 spiro atoms. The molecule has 2 aromatic carbocycles. The van der Waals surface area contributed by atoms with Gasteiger partial charge in [-0.15, -0.1) is 0 Å². The third-order valence-electron chi connectivity index (χ3n) is 3.07. The largest absolute Gasteiger partial charge is 0.369 e. The molecule has 1 aromatic heterocycles. The molecule has 90 valence electrons. The van der Waals surface area contributed by atoms with Crippen LogP contribution in [-0.4, -0.2) is 9.55 Å². The number of anilines is 1. The average Bonchev–Trinajstić information content (AvgIpc) is 2.69. The fraction of sp³-hybridized carbons (Fsp3) is 0.0714. The van der Waals surface area contributed by atoms with Crippen LogP contribution in [0.25, 0.3) is 16.7 Å². The summed E-state index contributed by atoms with van der Waals surface area (Å²) in [6.45, 7) is 1.74. The van der Waals surface area contributed by atoms with E-state index in [4.69, 9.17) is 5.73 Å². The molecule has 0 fully saturated rings. The van der Waals surface area contributed by atoms with E-state index in [0.29, 0.717) is 11.5 Å². The lowest BCUT2D eigenvalue weighted by atomic mass is 10.2. The van der Waals surface area contributed by atoms with Crippen molar-refractivity contribution in [3.05, 3.63) is 53.8 Å². The van der Waals surface area contributed by atoms with Gasteiger partial charge >= 0.3 is 0 Å². The SMILES string of the molecule is Cc1c(F)cccc1-n1c(N)nc2ccccc21. The Kier molecular flexibility index (Phi) is 2.30. The van der Waals surface area contributed by atoms with Crippen molar-refractivity contribution in [2.24, 2.45) is 0 Å². The van der Waals surface area contributed by atoms with Gasteiger partial charge in [-0.1, -0.05) is 18.2 Å². The summed E-state index contributed by atoms with van der Waals surface area (Å²) >= 11 is 0. The van der Waals surface area contributed by atoms with Crippen LogP contribution in [0.2, 0.25) is 0 Å². The van der Waals surface area contributed by atoms with E-state index in [1.54, 1.807) is 17.6 Å². The second-order valence-corrected chi connectivity index (χ2v) is 4.18. The third kappa shape index (κ3) is 1.46. The molecule has 0 saturated heterocycles. The van der Waals surface area contributed by atoms with Gasteiger partial charge in [0, 0.05) is 5.56 Å². The minimum absolute atomic E-state index is 0.246. The lowest BCUT2D eigenvalue weighted by Crippen LogP contribution is -2.03. The van der Waals surface area contributed by atoms with E-state index in [0.717, 1.165) is 16.7 Å². The summed E-state index contributed by atoms with van der Waals surface area (Å²) in [5, 5.41) is 0. The van der Waals surface area contributed by atoms with E-state index in [1.807, 2.05) is 30.3 Å². The number of nitrogen functional groups attached to an aromatic ring is 1. The highest BCUT2D eigenvalue weighted by atomic mass is 19.1. The number of hydrogen-bond donors (Lipinski definition) is 1. The number of imidazole rings is 1. The summed E-state index contributed by atoms with van der Waals surface area (Å²) in [5.41, 5.74) is 8.90. The van der Waals surface area contributed by atoms with Crippen molar-refractivity contribution >= 4 is 17.0 Å². The maximum absolute atomic E-state index is 13.6. The fourth-order valence-corrected chi connectivity index (χ4v) is 2.14. The molecular formula is C14H12FN3. The Balaban J connectivity index is 2.38. The normalized spacial score (nSPS) is 11.0. The van der Waals surface area contributed by atoms with Gasteiger partial charge in [0.25, 0.3) is 0 Å². The number of halogens is 1. The third-order valence-corrected chi connectivity index (χ3v) is 3.07. The Hall–Kier alpha value is -2.36. The van der Waals surface area contributed by atoms with Gasteiger partial charge < -0.3 is 5.73 Å². The van der Waals surface area contributed by atoms with E-state index >= 15 is 0 Å². The van der Waals surface area contributed by atoms with E-state index in [1.165, 1.54) is 6.07 Å². The molecule has 0 atom stereocenters. The summed E-state index contributed by atoms with van der Waals surface area (Å²) < 4.78 is 15.4. The molecule has 18 heavy (non-hydrogen) atoms. The van der Waals surface area contributed by atoms with Crippen molar-refractivity contribution in [1.29, 1.82) is 0 Å². The predicted octanol–water partition coefficient (Wildman–Crippen LogP) is 3.06. The van der Waals surface area contributed by atoms with Crippen LogP contribution in [0, 0.1) is 12.7 Å². The molecule has 1 heterocycles. The summed E-state index contributed by atoms with van der Waals surface area (Å²) in [6, 6.07) is 12.6. The Bertz CT molecular complexity index is 731. The molecule has 0 amide bonds. The van der Waals surface area contributed by atoms with Crippen molar-refractivity contribution in [3.63, 3.8) is 0 Å². The van der Waals surface area contributed by atoms with Gasteiger partial charge in [-0.05, 0) is 31.2 Å². The highest BCUT2D eigenvalue weighted by Crippen LogP contribution is 2.25. The van der Waals surface area contributed by atoms with Gasteiger partial charge in [0.1, 0.15) is 5.82 Å². The smallest absolute Gasteiger partial charge is 0.205 e. The van der Waals surface area contributed by atoms with Crippen LogP contribution in [0.1, 0.15) is 5.56 Å². The zero-order valence-electron chi connectivity index (χ0n) is 9.89. The first-order chi connectivity index (χ1) is 8.68. The molecule has 3 aromatic rings. The lowest BCUT2D eigenvalue weighted by Gasteiger charge is -2.10. The Morgan fingerprint density at radius 2 is 1.89 bits per heavy atom. The minimum Gasteiger partial charge on any atom is -0.369 e. The van der Waals surface area contributed by atoms with Gasteiger partial charge in [0.15, 0.2) is 0 Å². The van der Waals surface area contributed by atoms with Crippen molar-refractivity contribution in [1.82, 2.24) is 9.55 Å². The second kappa shape index (κ2) is 3.84. The van der Waals surface area contributed by atoms with E-state index in [2.05, 4.69) is 4.98 Å². The quantitative estimate of drug-likeness (QED) is 0.711. The van der Waals surface area contributed by atoms with Gasteiger partial charge in [-0.2, -0.15) is 0 Å². The standard InChI is InChI=1S/C14H12FN3/c1-9-10(15)5-4-8-12(9)18-13-7-3-2-6-11(13)17-14(18)16/h2-8H,1H3,(H2,16,17). The van der Waals surface area contributed by atoms with E-state index in [9.17, 15) is 4.39 Å². The Morgan fingerprint density at radius 1 is 1.11 bits per heavy atom. The maximum atomic E-state index is 13.6. The number of hydrogen-bond acceptors (Lipinski definition) is 2. The monoisotopic (exact) mass is 241 g/mol. The molecular weight excluding hydrogens is 229 g/mol. The number of nitrogens with two attached hydrogens (primary N) is 1. The summed E-state index contributed by atoms with van der Waals surface area (Å²) in [6.07, 6.45) is 0. The maximum Gasteiger partial charge on any atom is 0.205 e. The van der Waals surface area contributed by atoms with Crippen molar-refractivity contribution in [3.8, 4) is 5.69 Å². The number of nitrogens with zero attached hydrogens (tertiary/aromatic N) is 2. The van der Waals surface area contributed by atoms with Crippen molar-refractivity contribution in [2.75, 3.05) is 5.73 Å². The highest BCUT2D eigenvalue weighted by Gasteiger charge is 2.12. The van der Waals surface area contributed by atoms with Crippen LogP contribution < -0.4 is 5.73 Å². The summed E-state index contributed by atoms with van der Waals surface area (Å²) in [5.74, 6) is 0.120. The zero-order valence-corrected chi connectivity index (χ0v) is 9.89. The van der Waals surface area contributed by atoms with Gasteiger partial charge in [-0.3, -0.25) is 4.57 Å². The van der Waals surface area contributed by atoms with Crippen LogP contribution in [0.15, 0.2) is 42.5 Å². The molecule has 2 N–H and O–H groups in total. The molecule has 0 unspecified atom stereocenters. The van der Waals surface area contributed by atoms with Crippen molar-refractivity contribution in [2.45, 2.75) is 6.92 Å². The van der Waals surface area contributed by atoms with Crippen LogP contribution in [-0.2, 0) is 0 Å². The molecule has 0 aliphatic heterocycles. The lowest BCUT2D eigenvalue weighted by molar-refractivity contribution is 0.617. The number of para-hydroxylation sites is 2. The number of fused-ring (bicyclic) bond motifs is 1. The van der Waals surface area contributed by atoms with Crippen LogP contribution >= 0.6 is 0 Å². The van der Waals surface area contributed by atoms with Crippen LogP contribution in [0.4, 0.5) is 10.3 Å². The van der Waals surface area contributed by atoms with Gasteiger partial charge in [0.05, 0.1) is 16.7 Å².